The molecule has 0 spiro atoms. The summed E-state index contributed by atoms with van der Waals surface area (Å²) in [6, 6.07) is 38.0. The van der Waals surface area contributed by atoms with Crippen molar-refractivity contribution in [1.29, 1.82) is 0 Å². The van der Waals surface area contributed by atoms with Gasteiger partial charge >= 0.3 is 6.18 Å². The molecule has 1 aliphatic heterocycles. The van der Waals surface area contributed by atoms with E-state index in [1.165, 1.54) is 0 Å². The summed E-state index contributed by atoms with van der Waals surface area (Å²) >= 11 is 0. The second-order valence-electron chi connectivity index (χ2n) is 11.4. The molecule has 0 N–H and O–H groups in total. The molecular formula is C37H36F3N3O5. The highest BCUT2D eigenvalue weighted by Crippen LogP contribution is 2.39. The zero-order valence-electron chi connectivity index (χ0n) is 26.1. The Hall–Kier alpha value is -4.39. The lowest BCUT2D eigenvalue weighted by Gasteiger charge is -2.46. The van der Waals surface area contributed by atoms with Crippen LogP contribution < -0.4 is 0 Å². The van der Waals surface area contributed by atoms with Gasteiger partial charge in [0.15, 0.2) is 11.9 Å². The average Bonchev–Trinajstić information content (AvgIpc) is 3.62. The number of nitrogens with zero attached hydrogens (tertiary/aromatic N) is 3. The minimum atomic E-state index is -4.75. The maximum atomic E-state index is 14.3. The van der Waals surface area contributed by atoms with Crippen molar-refractivity contribution in [3.8, 4) is 0 Å². The molecule has 6 rings (SSSR count). The molecule has 0 radical (unpaired) electrons. The summed E-state index contributed by atoms with van der Waals surface area (Å²) in [6.45, 7) is 0.681. The van der Waals surface area contributed by atoms with Gasteiger partial charge in [-0.3, -0.25) is 0 Å². The first-order valence-electron chi connectivity index (χ1n) is 15.7. The van der Waals surface area contributed by atoms with Gasteiger partial charge in [0.25, 0.3) is 0 Å². The largest absolute Gasteiger partial charge is 0.434 e. The summed E-state index contributed by atoms with van der Waals surface area (Å²) in [5.41, 5.74) is 2.46. The van der Waals surface area contributed by atoms with Crippen LogP contribution in [0.5, 0.6) is 0 Å². The molecule has 4 aromatic carbocycles. The Bertz CT molecular complexity index is 1660. The number of rotatable bonds is 14. The highest BCUT2D eigenvalue weighted by molar-refractivity contribution is 5.17. The van der Waals surface area contributed by atoms with Gasteiger partial charge in [0.1, 0.15) is 24.4 Å². The third kappa shape index (κ3) is 8.74. The molecule has 11 heteroatoms. The van der Waals surface area contributed by atoms with Gasteiger partial charge in [-0.05, 0) is 22.3 Å². The van der Waals surface area contributed by atoms with Crippen molar-refractivity contribution in [1.82, 2.24) is 15.0 Å². The fourth-order valence-corrected chi connectivity index (χ4v) is 5.60. The number of alkyl halides is 3. The second-order valence-corrected chi connectivity index (χ2v) is 11.4. The van der Waals surface area contributed by atoms with Gasteiger partial charge in [-0.2, -0.15) is 13.2 Å². The number of benzene rings is 4. The van der Waals surface area contributed by atoms with E-state index in [9.17, 15) is 13.2 Å². The maximum Gasteiger partial charge on any atom is 0.434 e. The first kappa shape index (κ1) is 33.5. The van der Waals surface area contributed by atoms with Gasteiger partial charge in [0.2, 0.25) is 0 Å². The van der Waals surface area contributed by atoms with Crippen molar-refractivity contribution in [2.75, 3.05) is 6.61 Å². The molecule has 0 amide bonds. The third-order valence-corrected chi connectivity index (χ3v) is 7.97. The Kier molecular flexibility index (Phi) is 11.3. The fourth-order valence-electron chi connectivity index (χ4n) is 5.60. The third-order valence-electron chi connectivity index (χ3n) is 7.97. The minimum Gasteiger partial charge on any atom is -0.374 e. The summed E-state index contributed by atoms with van der Waals surface area (Å²) in [4.78, 5) is 0. The molecule has 48 heavy (non-hydrogen) atoms. The standard InChI is InChI=1S/C37H36F3N3O5/c38-37(39,40)32-21-41-42-43(32)36-35(47-25-30-19-11-4-12-20-30)34(46-24-29-17-9-3-10-18-29)33(45-23-28-15-7-2-8-16-28)31(48-36)26-44-22-27-13-5-1-6-14-27/h1-21,31,33-36H,22-26H2/t31-,33-,34+,35-,36-/m1/s1. The number of hydrogen-bond donors (Lipinski definition) is 0. The SMILES string of the molecule is FC(F)(F)c1cnnn1[C@@H]1O[C@H](COCc2ccccc2)[C@@H](OCc2ccccc2)[C@H](OCc2ccccc2)[C@H]1OCc1ccccc1. The zero-order valence-corrected chi connectivity index (χ0v) is 26.1. The summed E-state index contributed by atoms with van der Waals surface area (Å²) in [5.74, 6) is 0. The van der Waals surface area contributed by atoms with Gasteiger partial charge in [0.05, 0.1) is 39.2 Å². The van der Waals surface area contributed by atoms with E-state index in [1.54, 1.807) is 0 Å². The normalized spacial score (nSPS) is 21.3. The van der Waals surface area contributed by atoms with Crippen LogP contribution in [0.15, 0.2) is 128 Å². The number of aromatic nitrogens is 3. The zero-order chi connectivity index (χ0) is 33.2. The molecule has 0 bridgehead atoms. The number of ether oxygens (including phenoxy) is 5. The Morgan fingerprint density at radius 3 is 1.50 bits per heavy atom. The van der Waals surface area contributed by atoms with E-state index >= 15 is 0 Å². The van der Waals surface area contributed by atoms with Crippen LogP contribution in [0.3, 0.4) is 0 Å². The van der Waals surface area contributed by atoms with E-state index in [4.69, 9.17) is 23.7 Å². The van der Waals surface area contributed by atoms with Crippen molar-refractivity contribution in [3.05, 3.63) is 155 Å². The lowest BCUT2D eigenvalue weighted by molar-refractivity contribution is -0.294. The van der Waals surface area contributed by atoms with Crippen LogP contribution in [0, 0.1) is 0 Å². The van der Waals surface area contributed by atoms with E-state index < -0.39 is 42.5 Å². The molecule has 0 saturated carbocycles. The lowest BCUT2D eigenvalue weighted by atomic mass is 9.96. The van der Waals surface area contributed by atoms with Gasteiger partial charge in [-0.1, -0.05) is 127 Å². The molecule has 2 heterocycles. The fraction of sp³-hybridized carbons (Fsp3) is 0.297. The molecule has 0 unspecified atom stereocenters. The quantitative estimate of drug-likeness (QED) is 0.125. The lowest BCUT2D eigenvalue weighted by Crippen LogP contribution is -2.59. The molecule has 250 valence electrons. The highest BCUT2D eigenvalue weighted by Gasteiger charge is 2.51. The Balaban J connectivity index is 1.37. The molecule has 1 aromatic heterocycles. The van der Waals surface area contributed by atoms with Crippen molar-refractivity contribution < 1.29 is 36.9 Å². The predicted molar refractivity (Wildman–Crippen MR) is 170 cm³/mol. The first-order chi connectivity index (χ1) is 23.5. The molecular weight excluding hydrogens is 623 g/mol. The van der Waals surface area contributed by atoms with Gasteiger partial charge in [-0.15, -0.1) is 5.10 Å². The summed E-state index contributed by atoms with van der Waals surface area (Å²) in [5, 5.41) is 7.46. The summed E-state index contributed by atoms with van der Waals surface area (Å²) < 4.78 is 75.8. The highest BCUT2D eigenvalue weighted by atomic mass is 19.4. The smallest absolute Gasteiger partial charge is 0.374 e. The van der Waals surface area contributed by atoms with Crippen molar-refractivity contribution in [3.63, 3.8) is 0 Å². The van der Waals surface area contributed by atoms with E-state index in [1.807, 2.05) is 121 Å². The molecule has 1 saturated heterocycles. The molecule has 1 fully saturated rings. The Morgan fingerprint density at radius 2 is 1.02 bits per heavy atom. The van der Waals surface area contributed by atoms with E-state index in [0.717, 1.165) is 26.9 Å². The van der Waals surface area contributed by atoms with E-state index in [2.05, 4.69) is 10.3 Å². The Labute approximate surface area is 277 Å². The topological polar surface area (TPSA) is 76.9 Å². The summed E-state index contributed by atoms with van der Waals surface area (Å²) in [6.07, 6.45) is -9.14. The molecule has 5 atom stereocenters. The summed E-state index contributed by atoms with van der Waals surface area (Å²) in [7, 11) is 0. The van der Waals surface area contributed by atoms with Crippen LogP contribution in [-0.2, 0) is 56.3 Å². The number of hydrogen-bond acceptors (Lipinski definition) is 7. The van der Waals surface area contributed by atoms with Gasteiger partial charge in [-0.25, -0.2) is 4.68 Å². The average molecular weight is 660 g/mol. The minimum absolute atomic E-state index is 0.00248. The van der Waals surface area contributed by atoms with E-state index in [-0.39, 0.29) is 33.0 Å². The number of halogens is 3. The predicted octanol–water partition coefficient (Wildman–Crippen LogP) is 7.17. The molecule has 5 aromatic rings. The molecule has 1 aliphatic rings. The second kappa shape index (κ2) is 16.1. The maximum absolute atomic E-state index is 14.3. The van der Waals surface area contributed by atoms with Crippen LogP contribution in [0.25, 0.3) is 0 Å². The van der Waals surface area contributed by atoms with Crippen molar-refractivity contribution in [2.24, 2.45) is 0 Å². The van der Waals surface area contributed by atoms with Crippen LogP contribution in [0.4, 0.5) is 13.2 Å². The van der Waals surface area contributed by atoms with Crippen molar-refractivity contribution >= 4 is 0 Å². The van der Waals surface area contributed by atoms with Crippen LogP contribution in [-0.4, -0.2) is 46.0 Å². The van der Waals surface area contributed by atoms with Gasteiger partial charge < -0.3 is 23.7 Å². The molecule has 8 nitrogen and oxygen atoms in total. The monoisotopic (exact) mass is 659 g/mol. The van der Waals surface area contributed by atoms with Crippen LogP contribution in [0.1, 0.15) is 34.2 Å². The molecule has 0 aliphatic carbocycles. The Morgan fingerprint density at radius 1 is 0.583 bits per heavy atom. The van der Waals surface area contributed by atoms with E-state index in [0.29, 0.717) is 6.20 Å². The van der Waals surface area contributed by atoms with Crippen LogP contribution >= 0.6 is 0 Å². The first-order valence-corrected chi connectivity index (χ1v) is 15.7. The van der Waals surface area contributed by atoms with Crippen LogP contribution in [0.2, 0.25) is 0 Å². The van der Waals surface area contributed by atoms with Gasteiger partial charge in [0, 0.05) is 0 Å². The van der Waals surface area contributed by atoms with Crippen molar-refractivity contribution in [2.45, 2.75) is 63.2 Å².